The zero-order chi connectivity index (χ0) is 19.8. The Morgan fingerprint density at radius 3 is 2.44 bits per heavy atom. The predicted molar refractivity (Wildman–Crippen MR) is 101 cm³/mol. The summed E-state index contributed by atoms with van der Waals surface area (Å²) in [5.74, 6) is 0.444. The van der Waals surface area contributed by atoms with E-state index in [4.69, 9.17) is 14.2 Å². The molecule has 0 aromatic rings. The molecule has 1 heterocycles. The van der Waals surface area contributed by atoms with Crippen molar-refractivity contribution in [2.75, 3.05) is 20.8 Å². The van der Waals surface area contributed by atoms with Gasteiger partial charge in [-0.2, -0.15) is 0 Å². The molecule has 4 rings (SSSR count). The smallest absolute Gasteiger partial charge is 0.174 e. The highest BCUT2D eigenvalue weighted by molar-refractivity contribution is 5.93. The molecule has 4 aliphatic rings. The Hall–Kier alpha value is -0.750. The fraction of sp³-hybridized carbons (Fsp3) is 0.864. The van der Waals surface area contributed by atoms with Gasteiger partial charge < -0.3 is 19.3 Å². The van der Waals surface area contributed by atoms with Gasteiger partial charge in [-0.25, -0.2) is 0 Å². The third-order valence-electron chi connectivity index (χ3n) is 8.70. The highest BCUT2D eigenvalue weighted by Gasteiger charge is 2.66. The minimum Gasteiger partial charge on any atom is -0.389 e. The molecule has 0 spiro atoms. The van der Waals surface area contributed by atoms with E-state index in [9.17, 15) is 9.90 Å². The van der Waals surface area contributed by atoms with Crippen LogP contribution in [0, 0.1) is 22.7 Å². The van der Waals surface area contributed by atoms with Gasteiger partial charge in [0.05, 0.1) is 29.8 Å². The van der Waals surface area contributed by atoms with Crippen molar-refractivity contribution in [1.82, 2.24) is 0 Å². The number of ether oxygens (including phenoxy) is 3. The first-order valence-electron chi connectivity index (χ1n) is 10.3. The summed E-state index contributed by atoms with van der Waals surface area (Å²) in [5, 5.41) is 11.9. The second-order valence-corrected chi connectivity index (χ2v) is 9.92. The molecule has 0 amide bonds. The van der Waals surface area contributed by atoms with E-state index in [0.717, 1.165) is 24.8 Å². The van der Waals surface area contributed by atoms with Crippen molar-refractivity contribution in [3.63, 3.8) is 0 Å². The van der Waals surface area contributed by atoms with E-state index in [1.165, 1.54) is 5.57 Å². The topological polar surface area (TPSA) is 65.0 Å². The van der Waals surface area contributed by atoms with Crippen LogP contribution in [0.5, 0.6) is 0 Å². The molecule has 2 bridgehead atoms. The van der Waals surface area contributed by atoms with Crippen molar-refractivity contribution in [1.29, 1.82) is 0 Å². The monoisotopic (exact) mass is 378 g/mol. The van der Waals surface area contributed by atoms with Crippen LogP contribution in [-0.2, 0) is 19.0 Å². The maximum atomic E-state index is 14.0. The lowest BCUT2D eigenvalue weighted by Gasteiger charge is -2.62. The third-order valence-corrected chi connectivity index (χ3v) is 8.70. The maximum absolute atomic E-state index is 14.0. The fourth-order valence-electron chi connectivity index (χ4n) is 6.68. The van der Waals surface area contributed by atoms with Gasteiger partial charge >= 0.3 is 0 Å². The first kappa shape index (κ1) is 19.6. The van der Waals surface area contributed by atoms with Crippen molar-refractivity contribution < 1.29 is 24.1 Å². The minimum absolute atomic E-state index is 0.0318. The van der Waals surface area contributed by atoms with Crippen LogP contribution < -0.4 is 0 Å². The normalized spacial score (nSPS) is 48.9. The molecule has 0 aromatic carbocycles. The average molecular weight is 379 g/mol. The maximum Gasteiger partial charge on any atom is 0.174 e. The zero-order valence-electron chi connectivity index (χ0n) is 17.5. The molecule has 6 unspecified atom stereocenters. The largest absolute Gasteiger partial charge is 0.389 e. The predicted octanol–water partition coefficient (Wildman–Crippen LogP) is 2.90. The molecule has 152 valence electrons. The number of carbonyl (C=O) groups excluding carboxylic acids is 1. The Kier molecular flexibility index (Phi) is 4.44. The summed E-state index contributed by atoms with van der Waals surface area (Å²) in [6, 6.07) is 0. The van der Waals surface area contributed by atoms with Crippen LogP contribution in [0.15, 0.2) is 11.1 Å². The molecule has 5 heteroatoms. The Morgan fingerprint density at radius 1 is 1.19 bits per heavy atom. The molecule has 3 aliphatic carbocycles. The molecule has 1 N–H and O–H groups in total. The van der Waals surface area contributed by atoms with E-state index in [1.54, 1.807) is 14.2 Å². The highest BCUT2D eigenvalue weighted by Crippen LogP contribution is 2.61. The van der Waals surface area contributed by atoms with Crippen LogP contribution in [0.1, 0.15) is 53.4 Å². The standard InChI is InChI=1S/C22H34O5/c1-12-7-8-22(24)10-14-13-11-27-15(13)9-16(25-5)21(14,4)19(23)18(26-6)17(12)20(22,2)3/h13-16,18,24H,7-11H2,1-6H3/t13?,14?,15?,16?,18?,21-,22?/m1/s1. The number of allylic oxidation sites excluding steroid dienone is 1. The number of hydrogen-bond donors (Lipinski definition) is 1. The SMILES string of the molecule is COC1C(=O)[C@@]2(C)C(OC)CC3OCC3C2CC2(O)CCC(C)=C1C2(C)C. The second kappa shape index (κ2) is 6.12. The molecule has 0 aromatic heterocycles. The number of ketones is 1. The van der Waals surface area contributed by atoms with Crippen molar-refractivity contribution in [3.8, 4) is 0 Å². The molecule has 7 atom stereocenters. The Balaban J connectivity index is 1.92. The average Bonchev–Trinajstić information content (AvgIpc) is 2.59. The number of rotatable bonds is 2. The van der Waals surface area contributed by atoms with E-state index in [-0.39, 0.29) is 23.9 Å². The summed E-state index contributed by atoms with van der Waals surface area (Å²) < 4.78 is 17.5. The molecule has 5 nitrogen and oxygen atoms in total. The molecule has 3 fully saturated rings. The van der Waals surface area contributed by atoms with Crippen LogP contribution in [0.4, 0.5) is 0 Å². The highest BCUT2D eigenvalue weighted by atomic mass is 16.5. The number of methoxy groups -OCH3 is 2. The summed E-state index contributed by atoms with van der Waals surface area (Å²) in [7, 11) is 3.30. The van der Waals surface area contributed by atoms with Crippen molar-refractivity contribution in [2.45, 2.75) is 77.3 Å². The Bertz CT molecular complexity index is 682. The quantitative estimate of drug-likeness (QED) is 0.749. The number of carbonyl (C=O) groups is 1. The van der Waals surface area contributed by atoms with Crippen LogP contribution in [0.2, 0.25) is 0 Å². The van der Waals surface area contributed by atoms with E-state index in [1.807, 2.05) is 6.92 Å². The van der Waals surface area contributed by atoms with E-state index < -0.39 is 22.5 Å². The van der Waals surface area contributed by atoms with Crippen LogP contribution >= 0.6 is 0 Å². The number of aliphatic hydroxyl groups is 1. The number of Topliss-reactive ketones (excluding diaryl/α,β-unsaturated/α-hetero) is 1. The summed E-state index contributed by atoms with van der Waals surface area (Å²) in [6.07, 6.45) is 2.16. The van der Waals surface area contributed by atoms with Gasteiger partial charge in [-0.3, -0.25) is 4.79 Å². The second-order valence-electron chi connectivity index (χ2n) is 9.92. The first-order valence-corrected chi connectivity index (χ1v) is 10.3. The van der Waals surface area contributed by atoms with Gasteiger partial charge in [0.1, 0.15) is 6.10 Å². The molecule has 1 saturated heterocycles. The van der Waals surface area contributed by atoms with E-state index >= 15 is 0 Å². The summed E-state index contributed by atoms with van der Waals surface area (Å²) in [6.45, 7) is 8.96. The van der Waals surface area contributed by atoms with Crippen molar-refractivity contribution in [2.24, 2.45) is 22.7 Å². The lowest BCUT2D eigenvalue weighted by atomic mass is 9.47. The van der Waals surface area contributed by atoms with Crippen LogP contribution in [-0.4, -0.2) is 55.6 Å². The van der Waals surface area contributed by atoms with Crippen molar-refractivity contribution >= 4 is 5.78 Å². The van der Waals surface area contributed by atoms with Gasteiger partial charge in [-0.15, -0.1) is 0 Å². The van der Waals surface area contributed by atoms with Gasteiger partial charge in [0, 0.05) is 32.0 Å². The lowest BCUT2D eigenvalue weighted by molar-refractivity contribution is -0.245. The minimum atomic E-state index is -0.860. The van der Waals surface area contributed by atoms with Gasteiger partial charge in [0.25, 0.3) is 0 Å². The van der Waals surface area contributed by atoms with E-state index in [0.29, 0.717) is 18.9 Å². The van der Waals surface area contributed by atoms with Crippen LogP contribution in [0.25, 0.3) is 0 Å². The molecule has 0 radical (unpaired) electrons. The van der Waals surface area contributed by atoms with Crippen molar-refractivity contribution in [3.05, 3.63) is 11.1 Å². The Morgan fingerprint density at radius 2 is 1.89 bits per heavy atom. The van der Waals surface area contributed by atoms with Gasteiger partial charge in [-0.1, -0.05) is 19.4 Å². The summed E-state index contributed by atoms with van der Waals surface area (Å²) in [4.78, 5) is 14.0. The lowest BCUT2D eigenvalue weighted by Crippen LogP contribution is -2.68. The number of fused-ring (bicyclic) bond motifs is 5. The zero-order valence-corrected chi connectivity index (χ0v) is 17.5. The Labute approximate surface area is 162 Å². The molecule has 27 heavy (non-hydrogen) atoms. The summed E-state index contributed by atoms with van der Waals surface area (Å²) >= 11 is 0. The van der Waals surface area contributed by atoms with Gasteiger partial charge in [0.15, 0.2) is 5.78 Å². The first-order chi connectivity index (χ1) is 12.6. The molecular formula is C22H34O5. The third kappa shape index (κ3) is 2.35. The molecular weight excluding hydrogens is 344 g/mol. The number of hydrogen-bond acceptors (Lipinski definition) is 5. The van der Waals surface area contributed by atoms with Gasteiger partial charge in [0.2, 0.25) is 0 Å². The molecule has 2 saturated carbocycles. The van der Waals surface area contributed by atoms with E-state index in [2.05, 4.69) is 20.8 Å². The van der Waals surface area contributed by atoms with Crippen LogP contribution in [0.3, 0.4) is 0 Å². The fourth-order valence-corrected chi connectivity index (χ4v) is 6.68. The molecule has 1 aliphatic heterocycles. The summed E-state index contributed by atoms with van der Waals surface area (Å²) in [5.41, 5.74) is 0.105. The van der Waals surface area contributed by atoms with Gasteiger partial charge in [-0.05, 0) is 44.6 Å².